The summed E-state index contributed by atoms with van der Waals surface area (Å²) in [7, 11) is 0. The van der Waals surface area contributed by atoms with Crippen LogP contribution >= 0.6 is 11.6 Å². The van der Waals surface area contributed by atoms with E-state index in [1.54, 1.807) is 9.80 Å². The summed E-state index contributed by atoms with van der Waals surface area (Å²) in [5.41, 5.74) is 1.27. The Hall–Kier alpha value is -1.75. The molecule has 0 atom stereocenters. The van der Waals surface area contributed by atoms with Crippen molar-refractivity contribution in [1.82, 2.24) is 15.1 Å². The molecule has 3 amide bonds. The van der Waals surface area contributed by atoms with Crippen molar-refractivity contribution in [2.24, 2.45) is 0 Å². The molecule has 0 spiro atoms. The number of likely N-dealkylation sites (N-methyl/N-ethyl adjacent to an activating group) is 1. The number of hydrogen-bond acceptors (Lipinski definition) is 2. The third kappa shape index (κ3) is 3.61. The summed E-state index contributed by atoms with van der Waals surface area (Å²) in [6.45, 7) is 4.09. The number of carbonyl (C=O) groups is 2. The fourth-order valence-electron chi connectivity index (χ4n) is 3.22. The standard InChI is InChI=1S/C17H22ClN3O2/c1-2-20-7-8-21(11-16(20)22)17(23)19-15-9-13(10-15)12-3-5-14(18)6-4-12/h3-6,13,15H,2,7-11H2,1H3,(H,19,23). The number of rotatable bonds is 3. The van der Waals surface area contributed by atoms with Crippen molar-refractivity contribution >= 4 is 23.5 Å². The molecule has 124 valence electrons. The molecular weight excluding hydrogens is 314 g/mol. The van der Waals surface area contributed by atoms with Crippen LogP contribution in [-0.2, 0) is 4.79 Å². The van der Waals surface area contributed by atoms with Crippen LogP contribution in [0, 0.1) is 0 Å². The fraction of sp³-hybridized carbons (Fsp3) is 0.529. The molecule has 0 radical (unpaired) electrons. The Morgan fingerprint density at radius 1 is 1.26 bits per heavy atom. The number of benzene rings is 1. The zero-order chi connectivity index (χ0) is 16.4. The van der Waals surface area contributed by atoms with E-state index in [-0.39, 0.29) is 24.5 Å². The molecule has 1 aliphatic heterocycles. The van der Waals surface area contributed by atoms with Gasteiger partial charge in [-0.15, -0.1) is 0 Å². The zero-order valence-corrected chi connectivity index (χ0v) is 14.1. The second-order valence-electron chi connectivity index (χ2n) is 6.26. The predicted molar refractivity (Wildman–Crippen MR) is 89.6 cm³/mol. The molecule has 1 saturated carbocycles. The highest BCUT2D eigenvalue weighted by Crippen LogP contribution is 2.37. The van der Waals surface area contributed by atoms with Crippen LogP contribution in [0.3, 0.4) is 0 Å². The predicted octanol–water partition coefficient (Wildman–Crippen LogP) is 2.46. The van der Waals surface area contributed by atoms with Crippen LogP contribution in [0.1, 0.15) is 31.2 Å². The molecule has 2 aliphatic rings. The molecule has 0 unspecified atom stereocenters. The lowest BCUT2D eigenvalue weighted by atomic mass is 9.76. The summed E-state index contributed by atoms with van der Waals surface area (Å²) in [6.07, 6.45) is 1.88. The third-order valence-electron chi connectivity index (χ3n) is 4.79. The lowest BCUT2D eigenvalue weighted by Crippen LogP contribution is -2.57. The minimum Gasteiger partial charge on any atom is -0.340 e. The van der Waals surface area contributed by atoms with Gasteiger partial charge in [0.05, 0.1) is 0 Å². The van der Waals surface area contributed by atoms with Gasteiger partial charge in [-0.05, 0) is 43.4 Å². The number of nitrogens with one attached hydrogen (secondary N) is 1. The van der Waals surface area contributed by atoms with Crippen molar-refractivity contribution in [2.75, 3.05) is 26.2 Å². The monoisotopic (exact) mass is 335 g/mol. The molecule has 1 aliphatic carbocycles. The first-order chi connectivity index (χ1) is 11.1. The summed E-state index contributed by atoms with van der Waals surface area (Å²) in [4.78, 5) is 27.5. The Bertz CT molecular complexity index is 584. The molecule has 6 heteroatoms. The van der Waals surface area contributed by atoms with Crippen LogP contribution in [0.5, 0.6) is 0 Å². The highest BCUT2D eigenvalue weighted by molar-refractivity contribution is 6.30. The van der Waals surface area contributed by atoms with Crippen molar-refractivity contribution in [2.45, 2.75) is 31.7 Å². The first kappa shape index (κ1) is 16.1. The smallest absolute Gasteiger partial charge is 0.318 e. The van der Waals surface area contributed by atoms with Gasteiger partial charge in [0.15, 0.2) is 0 Å². The van der Waals surface area contributed by atoms with E-state index in [1.807, 2.05) is 31.2 Å². The van der Waals surface area contributed by atoms with Gasteiger partial charge in [-0.3, -0.25) is 4.79 Å². The first-order valence-electron chi connectivity index (χ1n) is 8.15. The number of hydrogen-bond donors (Lipinski definition) is 1. The van der Waals surface area contributed by atoms with Gasteiger partial charge in [-0.2, -0.15) is 0 Å². The van der Waals surface area contributed by atoms with Crippen molar-refractivity contribution in [3.05, 3.63) is 34.9 Å². The van der Waals surface area contributed by atoms with Crippen LogP contribution in [-0.4, -0.2) is 54.0 Å². The average molecular weight is 336 g/mol. The normalized spacial score (nSPS) is 24.3. The van der Waals surface area contributed by atoms with Gasteiger partial charge in [-0.1, -0.05) is 23.7 Å². The maximum absolute atomic E-state index is 12.3. The molecule has 1 heterocycles. The van der Waals surface area contributed by atoms with E-state index < -0.39 is 0 Å². The number of urea groups is 1. The first-order valence-corrected chi connectivity index (χ1v) is 8.53. The number of amides is 3. The van der Waals surface area contributed by atoms with Crippen molar-refractivity contribution < 1.29 is 9.59 Å². The van der Waals surface area contributed by atoms with Gasteiger partial charge in [-0.25, -0.2) is 4.79 Å². The van der Waals surface area contributed by atoms with E-state index in [9.17, 15) is 9.59 Å². The van der Waals surface area contributed by atoms with E-state index >= 15 is 0 Å². The number of piperazine rings is 1. The molecule has 3 rings (SSSR count). The van der Waals surface area contributed by atoms with Crippen LogP contribution in [0.4, 0.5) is 4.79 Å². The SMILES string of the molecule is CCN1CCN(C(=O)NC2CC(c3ccc(Cl)cc3)C2)CC1=O. The van der Waals surface area contributed by atoms with E-state index in [1.165, 1.54) is 5.56 Å². The highest BCUT2D eigenvalue weighted by atomic mass is 35.5. The van der Waals surface area contributed by atoms with Crippen LogP contribution < -0.4 is 5.32 Å². The number of nitrogens with zero attached hydrogens (tertiary/aromatic N) is 2. The van der Waals surface area contributed by atoms with E-state index in [2.05, 4.69) is 5.32 Å². The van der Waals surface area contributed by atoms with E-state index in [0.717, 1.165) is 17.9 Å². The lowest BCUT2D eigenvalue weighted by Gasteiger charge is -2.39. The van der Waals surface area contributed by atoms with Crippen LogP contribution in [0.25, 0.3) is 0 Å². The Labute approximate surface area is 141 Å². The summed E-state index contributed by atoms with van der Waals surface area (Å²) in [5.74, 6) is 0.512. The largest absolute Gasteiger partial charge is 0.340 e. The lowest BCUT2D eigenvalue weighted by molar-refractivity contribution is -0.134. The second kappa shape index (κ2) is 6.79. The highest BCUT2D eigenvalue weighted by Gasteiger charge is 2.33. The quantitative estimate of drug-likeness (QED) is 0.922. The number of halogens is 1. The molecule has 23 heavy (non-hydrogen) atoms. The second-order valence-corrected chi connectivity index (χ2v) is 6.70. The molecule has 1 aromatic carbocycles. The maximum Gasteiger partial charge on any atom is 0.318 e. The van der Waals surface area contributed by atoms with Crippen LogP contribution in [0.2, 0.25) is 5.02 Å². The Morgan fingerprint density at radius 2 is 1.96 bits per heavy atom. The molecule has 1 saturated heterocycles. The molecule has 5 nitrogen and oxygen atoms in total. The van der Waals surface area contributed by atoms with Gasteiger partial charge in [0.1, 0.15) is 6.54 Å². The Balaban J connectivity index is 1.45. The maximum atomic E-state index is 12.3. The zero-order valence-electron chi connectivity index (χ0n) is 13.3. The summed E-state index contributed by atoms with van der Waals surface area (Å²) < 4.78 is 0. The number of carbonyl (C=O) groups excluding carboxylic acids is 2. The summed E-state index contributed by atoms with van der Waals surface area (Å²) >= 11 is 5.90. The van der Waals surface area contributed by atoms with Crippen molar-refractivity contribution in [3.8, 4) is 0 Å². The average Bonchev–Trinajstić information content (AvgIpc) is 2.51. The van der Waals surface area contributed by atoms with E-state index in [0.29, 0.717) is 25.6 Å². The summed E-state index contributed by atoms with van der Waals surface area (Å²) in [5, 5.41) is 3.79. The van der Waals surface area contributed by atoms with Gasteiger partial charge < -0.3 is 15.1 Å². The Morgan fingerprint density at radius 3 is 2.57 bits per heavy atom. The summed E-state index contributed by atoms with van der Waals surface area (Å²) in [6, 6.07) is 7.99. The van der Waals surface area contributed by atoms with Crippen molar-refractivity contribution in [1.29, 1.82) is 0 Å². The fourth-order valence-corrected chi connectivity index (χ4v) is 3.35. The van der Waals surface area contributed by atoms with Gasteiger partial charge in [0.25, 0.3) is 0 Å². The molecule has 1 N–H and O–H groups in total. The topological polar surface area (TPSA) is 52.6 Å². The third-order valence-corrected chi connectivity index (χ3v) is 5.05. The molecule has 1 aromatic rings. The molecule has 0 bridgehead atoms. The van der Waals surface area contributed by atoms with Gasteiger partial charge >= 0.3 is 6.03 Å². The van der Waals surface area contributed by atoms with Gasteiger partial charge in [0, 0.05) is 30.7 Å². The minimum atomic E-state index is -0.117. The van der Waals surface area contributed by atoms with Crippen LogP contribution in [0.15, 0.2) is 24.3 Å². The van der Waals surface area contributed by atoms with E-state index in [4.69, 9.17) is 11.6 Å². The minimum absolute atomic E-state index is 0.0292. The van der Waals surface area contributed by atoms with Crippen molar-refractivity contribution in [3.63, 3.8) is 0 Å². The molecular formula is C17H22ClN3O2. The molecule has 0 aromatic heterocycles. The molecule has 2 fully saturated rings. The Kier molecular flexibility index (Phi) is 4.76. The van der Waals surface area contributed by atoms with Gasteiger partial charge in [0.2, 0.25) is 5.91 Å².